The van der Waals surface area contributed by atoms with Crippen LogP contribution in [0, 0.1) is 13.8 Å². The molecule has 1 N–H and O–H groups in total. The van der Waals surface area contributed by atoms with Gasteiger partial charge in [-0.1, -0.05) is 39.3 Å². The number of amides is 1. The lowest BCUT2D eigenvalue weighted by Gasteiger charge is -2.16. The molecule has 6 heteroatoms. The first kappa shape index (κ1) is 19.2. The van der Waals surface area contributed by atoms with Gasteiger partial charge in [-0.2, -0.15) is 0 Å². The Balaban J connectivity index is 1.61. The van der Waals surface area contributed by atoms with Crippen LogP contribution < -0.4 is 10.1 Å². The number of nitrogens with one attached hydrogen (secondary N) is 1. The van der Waals surface area contributed by atoms with E-state index >= 15 is 0 Å². The van der Waals surface area contributed by atoms with E-state index in [0.29, 0.717) is 17.9 Å². The zero-order chi connectivity index (χ0) is 19.4. The van der Waals surface area contributed by atoms with Crippen molar-refractivity contribution in [2.45, 2.75) is 33.4 Å². The Morgan fingerprint density at radius 1 is 1.19 bits per heavy atom. The van der Waals surface area contributed by atoms with Gasteiger partial charge in [-0.25, -0.2) is 0 Å². The Kier molecular flexibility index (Phi) is 5.96. The molecule has 0 fully saturated rings. The first-order valence-electron chi connectivity index (χ1n) is 8.65. The van der Waals surface area contributed by atoms with E-state index in [-0.39, 0.29) is 11.9 Å². The van der Waals surface area contributed by atoms with Crippen LogP contribution in [0.5, 0.6) is 5.75 Å². The number of hydrogen-bond donors (Lipinski definition) is 1. The molecular formula is C21H21BrN2O3. The van der Waals surface area contributed by atoms with Gasteiger partial charge in [0.15, 0.2) is 0 Å². The summed E-state index contributed by atoms with van der Waals surface area (Å²) in [5.74, 6) is 1.31. The van der Waals surface area contributed by atoms with E-state index in [2.05, 4.69) is 26.4 Å². The van der Waals surface area contributed by atoms with Crippen LogP contribution in [0.25, 0.3) is 0 Å². The Bertz CT molecular complexity index is 915. The van der Waals surface area contributed by atoms with Gasteiger partial charge in [0, 0.05) is 10.0 Å². The van der Waals surface area contributed by atoms with Crippen molar-refractivity contribution in [3.63, 3.8) is 0 Å². The number of carbonyl (C=O) groups excluding carboxylic acids is 1. The molecule has 0 aliphatic rings. The van der Waals surface area contributed by atoms with Gasteiger partial charge in [-0.15, -0.1) is 0 Å². The lowest BCUT2D eigenvalue weighted by atomic mass is 10.1. The van der Waals surface area contributed by atoms with E-state index in [0.717, 1.165) is 27.1 Å². The quantitative estimate of drug-likeness (QED) is 0.591. The van der Waals surface area contributed by atoms with E-state index in [1.54, 1.807) is 24.3 Å². The smallest absolute Gasteiger partial charge is 0.251 e. The molecular weight excluding hydrogens is 408 g/mol. The summed E-state index contributed by atoms with van der Waals surface area (Å²) in [7, 11) is 0. The van der Waals surface area contributed by atoms with E-state index in [4.69, 9.17) is 9.26 Å². The SMILES string of the molecule is Cc1noc(C)c1COc1ccc(C(=O)N[C@@H](C)c2ccccc2Br)cc1. The molecule has 1 aromatic heterocycles. The summed E-state index contributed by atoms with van der Waals surface area (Å²) in [6.07, 6.45) is 0. The van der Waals surface area contributed by atoms with Crippen LogP contribution in [0.4, 0.5) is 0 Å². The second kappa shape index (κ2) is 8.39. The largest absolute Gasteiger partial charge is 0.489 e. The average molecular weight is 429 g/mol. The summed E-state index contributed by atoms with van der Waals surface area (Å²) >= 11 is 3.52. The van der Waals surface area contributed by atoms with Crippen molar-refractivity contribution in [1.29, 1.82) is 0 Å². The van der Waals surface area contributed by atoms with Gasteiger partial charge in [0.1, 0.15) is 18.1 Å². The van der Waals surface area contributed by atoms with Gasteiger partial charge in [-0.3, -0.25) is 4.79 Å². The third kappa shape index (κ3) is 4.57. The fraction of sp³-hybridized carbons (Fsp3) is 0.238. The minimum Gasteiger partial charge on any atom is -0.489 e. The first-order chi connectivity index (χ1) is 13.0. The van der Waals surface area contributed by atoms with Gasteiger partial charge in [0.25, 0.3) is 5.91 Å². The van der Waals surface area contributed by atoms with Crippen molar-refractivity contribution in [3.8, 4) is 5.75 Å². The normalized spacial score (nSPS) is 11.9. The maximum atomic E-state index is 12.5. The van der Waals surface area contributed by atoms with E-state index < -0.39 is 0 Å². The highest BCUT2D eigenvalue weighted by molar-refractivity contribution is 9.10. The van der Waals surface area contributed by atoms with E-state index in [1.807, 2.05) is 45.0 Å². The molecule has 0 saturated carbocycles. The predicted molar refractivity (Wildman–Crippen MR) is 107 cm³/mol. The van der Waals surface area contributed by atoms with Gasteiger partial charge >= 0.3 is 0 Å². The van der Waals surface area contributed by atoms with E-state index in [1.165, 1.54) is 0 Å². The molecule has 0 aliphatic carbocycles. The standard InChI is InChI=1S/C21H21BrN2O3/c1-13(18-6-4-5-7-20(18)22)23-21(25)16-8-10-17(11-9-16)26-12-19-14(2)24-27-15(19)3/h4-11,13H,12H2,1-3H3,(H,23,25)/t13-/m0/s1. The fourth-order valence-electron chi connectivity index (χ4n) is 2.75. The highest BCUT2D eigenvalue weighted by Crippen LogP contribution is 2.23. The Morgan fingerprint density at radius 3 is 2.52 bits per heavy atom. The summed E-state index contributed by atoms with van der Waals surface area (Å²) in [5, 5.41) is 6.92. The maximum absolute atomic E-state index is 12.5. The number of nitrogens with zero attached hydrogens (tertiary/aromatic N) is 1. The number of aryl methyl sites for hydroxylation is 2. The van der Waals surface area contributed by atoms with Gasteiger partial charge < -0.3 is 14.6 Å². The lowest BCUT2D eigenvalue weighted by molar-refractivity contribution is 0.0939. The predicted octanol–water partition coefficient (Wildman–Crippen LogP) is 5.12. The highest BCUT2D eigenvalue weighted by atomic mass is 79.9. The van der Waals surface area contributed by atoms with Crippen molar-refractivity contribution in [1.82, 2.24) is 10.5 Å². The zero-order valence-electron chi connectivity index (χ0n) is 15.5. The third-order valence-electron chi connectivity index (χ3n) is 4.40. The van der Waals surface area contributed by atoms with Crippen molar-refractivity contribution in [3.05, 3.63) is 81.1 Å². The molecule has 3 rings (SSSR count). The number of carbonyl (C=O) groups is 1. The van der Waals surface area contributed by atoms with Crippen LogP contribution in [0.1, 0.15) is 45.9 Å². The highest BCUT2D eigenvalue weighted by Gasteiger charge is 2.14. The maximum Gasteiger partial charge on any atom is 0.251 e. The summed E-state index contributed by atoms with van der Waals surface area (Å²) in [4.78, 5) is 12.5. The molecule has 0 saturated heterocycles. The summed E-state index contributed by atoms with van der Waals surface area (Å²) in [6.45, 7) is 6.08. The molecule has 0 radical (unpaired) electrons. The number of benzene rings is 2. The summed E-state index contributed by atoms with van der Waals surface area (Å²) in [5.41, 5.74) is 3.38. The van der Waals surface area contributed by atoms with Crippen molar-refractivity contribution in [2.24, 2.45) is 0 Å². The Morgan fingerprint density at radius 2 is 1.89 bits per heavy atom. The van der Waals surface area contributed by atoms with Gasteiger partial charge in [-0.05, 0) is 56.7 Å². The second-order valence-corrected chi connectivity index (χ2v) is 7.19. The molecule has 0 bridgehead atoms. The van der Waals surface area contributed by atoms with Gasteiger partial charge in [0.05, 0.1) is 17.3 Å². The van der Waals surface area contributed by atoms with Crippen molar-refractivity contribution < 1.29 is 14.1 Å². The van der Waals surface area contributed by atoms with Gasteiger partial charge in [0.2, 0.25) is 0 Å². The van der Waals surface area contributed by atoms with Crippen LogP contribution in [0.2, 0.25) is 0 Å². The topological polar surface area (TPSA) is 64.4 Å². The number of aromatic nitrogens is 1. The average Bonchev–Trinajstić information content (AvgIpc) is 2.98. The molecule has 27 heavy (non-hydrogen) atoms. The molecule has 0 spiro atoms. The third-order valence-corrected chi connectivity index (χ3v) is 5.12. The molecule has 1 heterocycles. The lowest BCUT2D eigenvalue weighted by Crippen LogP contribution is -2.26. The monoisotopic (exact) mass is 428 g/mol. The van der Waals surface area contributed by atoms with Crippen LogP contribution in [0.15, 0.2) is 57.5 Å². The van der Waals surface area contributed by atoms with E-state index in [9.17, 15) is 4.79 Å². The second-order valence-electron chi connectivity index (χ2n) is 6.33. The molecule has 3 aromatic rings. The first-order valence-corrected chi connectivity index (χ1v) is 9.45. The van der Waals surface area contributed by atoms with Crippen LogP contribution in [0.3, 0.4) is 0 Å². The molecule has 0 aliphatic heterocycles. The van der Waals surface area contributed by atoms with Crippen molar-refractivity contribution in [2.75, 3.05) is 0 Å². The minimum absolute atomic E-state index is 0.108. The number of hydrogen-bond acceptors (Lipinski definition) is 4. The number of rotatable bonds is 6. The Hall–Kier alpha value is -2.60. The minimum atomic E-state index is -0.129. The summed E-state index contributed by atoms with van der Waals surface area (Å²) < 4.78 is 11.9. The van der Waals surface area contributed by atoms with Crippen LogP contribution in [-0.4, -0.2) is 11.1 Å². The summed E-state index contributed by atoms with van der Waals surface area (Å²) in [6, 6.07) is 14.8. The van der Waals surface area contributed by atoms with Crippen LogP contribution >= 0.6 is 15.9 Å². The molecule has 5 nitrogen and oxygen atoms in total. The van der Waals surface area contributed by atoms with Crippen molar-refractivity contribution >= 4 is 21.8 Å². The molecule has 1 atom stereocenters. The Labute approximate surface area is 166 Å². The molecule has 2 aromatic carbocycles. The molecule has 140 valence electrons. The van der Waals surface area contributed by atoms with Crippen LogP contribution in [-0.2, 0) is 6.61 Å². The molecule has 1 amide bonds. The molecule has 0 unspecified atom stereocenters. The fourth-order valence-corrected chi connectivity index (χ4v) is 3.38. The zero-order valence-corrected chi connectivity index (χ0v) is 17.0. The number of halogens is 1. The number of ether oxygens (including phenoxy) is 1.